The number of imidazole rings is 1. The molecule has 1 aromatic heterocycles. The van der Waals surface area contributed by atoms with Crippen LogP contribution < -0.4 is 5.32 Å². The molecule has 0 radical (unpaired) electrons. The van der Waals surface area contributed by atoms with Gasteiger partial charge in [0, 0.05) is 11.4 Å². The van der Waals surface area contributed by atoms with E-state index in [9.17, 15) is 22.4 Å². The smallest absolute Gasteiger partial charge is 0.321 e. The summed E-state index contributed by atoms with van der Waals surface area (Å²) in [5, 5.41) is 2.40. The van der Waals surface area contributed by atoms with E-state index in [2.05, 4.69) is 10.3 Å². The molecule has 3 aromatic rings. The first-order chi connectivity index (χ1) is 11.8. The molecular formula is C17H11F4N3O. The maximum Gasteiger partial charge on any atom is 0.416 e. The molecule has 8 heteroatoms. The van der Waals surface area contributed by atoms with Crippen molar-refractivity contribution >= 4 is 11.6 Å². The highest BCUT2D eigenvalue weighted by Crippen LogP contribution is 2.30. The largest absolute Gasteiger partial charge is 0.416 e. The van der Waals surface area contributed by atoms with Crippen molar-refractivity contribution in [3.05, 3.63) is 78.1 Å². The molecule has 2 aromatic carbocycles. The van der Waals surface area contributed by atoms with Gasteiger partial charge < -0.3 is 5.32 Å². The lowest BCUT2D eigenvalue weighted by Gasteiger charge is -2.11. The van der Waals surface area contributed by atoms with Crippen molar-refractivity contribution in [3.8, 4) is 5.69 Å². The van der Waals surface area contributed by atoms with E-state index < -0.39 is 23.5 Å². The van der Waals surface area contributed by atoms with Crippen LogP contribution in [0.2, 0.25) is 0 Å². The Hall–Kier alpha value is -3.16. The molecule has 0 unspecified atom stereocenters. The number of rotatable bonds is 3. The number of aromatic nitrogens is 2. The summed E-state index contributed by atoms with van der Waals surface area (Å²) < 4.78 is 52.6. The number of amides is 1. The van der Waals surface area contributed by atoms with E-state index in [0.717, 1.165) is 12.1 Å². The monoisotopic (exact) mass is 349 g/mol. The molecule has 0 saturated heterocycles. The second kappa shape index (κ2) is 6.39. The fourth-order valence-electron chi connectivity index (χ4n) is 2.24. The van der Waals surface area contributed by atoms with Gasteiger partial charge in [-0.3, -0.25) is 9.36 Å². The Labute approximate surface area is 139 Å². The molecule has 128 valence electrons. The molecule has 0 fully saturated rings. The van der Waals surface area contributed by atoms with Crippen LogP contribution in [0.3, 0.4) is 0 Å². The summed E-state index contributed by atoms with van der Waals surface area (Å²) in [5.41, 5.74) is -0.263. The lowest BCUT2D eigenvalue weighted by molar-refractivity contribution is -0.137. The third kappa shape index (κ3) is 3.68. The van der Waals surface area contributed by atoms with E-state index >= 15 is 0 Å². The van der Waals surface area contributed by atoms with Crippen LogP contribution >= 0.6 is 0 Å². The highest BCUT2D eigenvalue weighted by atomic mass is 19.4. The minimum absolute atomic E-state index is 0.00619. The van der Waals surface area contributed by atoms with Gasteiger partial charge in [-0.05, 0) is 42.5 Å². The zero-order valence-corrected chi connectivity index (χ0v) is 12.6. The van der Waals surface area contributed by atoms with Gasteiger partial charge in [-0.25, -0.2) is 9.37 Å². The summed E-state index contributed by atoms with van der Waals surface area (Å²) in [4.78, 5) is 16.2. The first-order valence-corrected chi connectivity index (χ1v) is 7.11. The predicted molar refractivity (Wildman–Crippen MR) is 82.9 cm³/mol. The summed E-state index contributed by atoms with van der Waals surface area (Å²) in [6.45, 7) is 0. The van der Waals surface area contributed by atoms with E-state index in [1.54, 1.807) is 0 Å². The van der Waals surface area contributed by atoms with Crippen LogP contribution in [0.4, 0.5) is 23.2 Å². The maximum absolute atomic E-state index is 13.0. The van der Waals surface area contributed by atoms with Gasteiger partial charge in [0.1, 0.15) is 11.5 Å². The van der Waals surface area contributed by atoms with Crippen molar-refractivity contribution in [2.75, 3.05) is 5.32 Å². The molecule has 0 spiro atoms. The van der Waals surface area contributed by atoms with E-state index in [4.69, 9.17) is 0 Å². The second-order valence-corrected chi connectivity index (χ2v) is 5.16. The fraction of sp³-hybridized carbons (Fsp3) is 0.0588. The number of anilines is 1. The lowest BCUT2D eigenvalue weighted by atomic mass is 10.2. The maximum atomic E-state index is 13.0. The van der Waals surface area contributed by atoms with Gasteiger partial charge in [0.25, 0.3) is 5.91 Å². The Bertz CT molecular complexity index is 901. The number of hydrogen-bond acceptors (Lipinski definition) is 2. The standard InChI is InChI=1S/C17H11F4N3O/c18-12-4-6-14(7-5-12)24-10-22-9-15(24)16(25)23-13-3-1-2-11(8-13)17(19,20)21/h1-10H,(H,23,25). The molecule has 0 aliphatic carbocycles. The number of benzene rings is 2. The Morgan fingerprint density at radius 2 is 1.80 bits per heavy atom. The Morgan fingerprint density at radius 3 is 2.48 bits per heavy atom. The molecule has 0 saturated carbocycles. The minimum atomic E-state index is -4.50. The highest BCUT2D eigenvalue weighted by molar-refractivity contribution is 6.03. The Kier molecular flexibility index (Phi) is 4.26. The lowest BCUT2D eigenvalue weighted by Crippen LogP contribution is -2.16. The number of hydrogen-bond donors (Lipinski definition) is 1. The Morgan fingerprint density at radius 1 is 1.08 bits per heavy atom. The number of carbonyl (C=O) groups excluding carboxylic acids is 1. The summed E-state index contributed by atoms with van der Waals surface area (Å²) in [6.07, 6.45) is -1.88. The van der Waals surface area contributed by atoms with Gasteiger partial charge in [-0.2, -0.15) is 13.2 Å². The van der Waals surface area contributed by atoms with Gasteiger partial charge in [-0.15, -0.1) is 0 Å². The topological polar surface area (TPSA) is 46.9 Å². The second-order valence-electron chi connectivity index (χ2n) is 5.16. The average Bonchev–Trinajstić information content (AvgIpc) is 3.05. The summed E-state index contributed by atoms with van der Waals surface area (Å²) in [5.74, 6) is -1.07. The van der Waals surface area contributed by atoms with Crippen LogP contribution in [0.15, 0.2) is 61.1 Å². The van der Waals surface area contributed by atoms with Crippen LogP contribution in [0, 0.1) is 5.82 Å². The third-order valence-corrected chi connectivity index (χ3v) is 3.42. The molecular weight excluding hydrogens is 338 g/mol. The molecule has 0 aliphatic heterocycles. The van der Waals surface area contributed by atoms with Gasteiger partial charge in [0.05, 0.1) is 18.1 Å². The van der Waals surface area contributed by atoms with Crippen LogP contribution in [-0.2, 0) is 6.18 Å². The molecule has 0 aliphatic rings. The normalized spacial score (nSPS) is 11.4. The van der Waals surface area contributed by atoms with Gasteiger partial charge in [-0.1, -0.05) is 6.07 Å². The van der Waals surface area contributed by atoms with Crippen LogP contribution in [0.1, 0.15) is 16.1 Å². The zero-order valence-electron chi connectivity index (χ0n) is 12.6. The predicted octanol–water partition coefficient (Wildman–Crippen LogP) is 4.28. The molecule has 25 heavy (non-hydrogen) atoms. The molecule has 0 bridgehead atoms. The minimum Gasteiger partial charge on any atom is -0.321 e. The first-order valence-electron chi connectivity index (χ1n) is 7.11. The van der Waals surface area contributed by atoms with E-state index in [0.29, 0.717) is 5.69 Å². The van der Waals surface area contributed by atoms with E-state index in [-0.39, 0.29) is 11.4 Å². The van der Waals surface area contributed by atoms with Crippen molar-refractivity contribution in [3.63, 3.8) is 0 Å². The fourth-order valence-corrected chi connectivity index (χ4v) is 2.24. The first kappa shape index (κ1) is 16.7. The highest BCUT2D eigenvalue weighted by Gasteiger charge is 2.30. The van der Waals surface area contributed by atoms with Crippen molar-refractivity contribution < 1.29 is 22.4 Å². The van der Waals surface area contributed by atoms with E-state index in [1.165, 1.54) is 53.5 Å². The zero-order chi connectivity index (χ0) is 18.0. The van der Waals surface area contributed by atoms with Crippen LogP contribution in [0.25, 0.3) is 5.69 Å². The summed E-state index contributed by atoms with van der Waals surface area (Å²) >= 11 is 0. The van der Waals surface area contributed by atoms with Crippen molar-refractivity contribution in [2.45, 2.75) is 6.18 Å². The number of alkyl halides is 3. The van der Waals surface area contributed by atoms with Crippen molar-refractivity contribution in [1.82, 2.24) is 9.55 Å². The summed E-state index contributed by atoms with van der Waals surface area (Å²) in [6, 6.07) is 9.68. The molecule has 1 N–H and O–H groups in total. The molecule has 3 rings (SSSR count). The van der Waals surface area contributed by atoms with E-state index in [1.807, 2.05) is 0 Å². The summed E-state index contributed by atoms with van der Waals surface area (Å²) in [7, 11) is 0. The van der Waals surface area contributed by atoms with Crippen molar-refractivity contribution in [2.24, 2.45) is 0 Å². The van der Waals surface area contributed by atoms with Gasteiger partial charge >= 0.3 is 6.18 Å². The molecule has 1 amide bonds. The Balaban J connectivity index is 1.86. The van der Waals surface area contributed by atoms with Crippen LogP contribution in [-0.4, -0.2) is 15.5 Å². The van der Waals surface area contributed by atoms with Gasteiger partial charge in [0.15, 0.2) is 0 Å². The third-order valence-electron chi connectivity index (χ3n) is 3.42. The number of carbonyl (C=O) groups is 1. The average molecular weight is 349 g/mol. The number of nitrogens with one attached hydrogen (secondary N) is 1. The van der Waals surface area contributed by atoms with Crippen molar-refractivity contribution in [1.29, 1.82) is 0 Å². The quantitative estimate of drug-likeness (QED) is 0.718. The SMILES string of the molecule is O=C(Nc1cccc(C(F)(F)F)c1)c1cncn1-c1ccc(F)cc1. The molecule has 4 nitrogen and oxygen atoms in total. The van der Waals surface area contributed by atoms with Crippen LogP contribution in [0.5, 0.6) is 0 Å². The molecule has 0 atom stereocenters. The molecule has 1 heterocycles. The number of nitrogens with zero attached hydrogens (tertiary/aromatic N) is 2. The number of halogens is 4. The van der Waals surface area contributed by atoms with Gasteiger partial charge in [0.2, 0.25) is 0 Å².